The summed E-state index contributed by atoms with van der Waals surface area (Å²) in [6.45, 7) is 0. The molecule has 0 fully saturated rings. The van der Waals surface area contributed by atoms with Crippen LogP contribution in [0.1, 0.15) is 5.56 Å². The fraction of sp³-hybridized carbons (Fsp3) is 0. The number of nitrogens with one attached hydrogen (secondary N) is 2. The van der Waals surface area contributed by atoms with Crippen molar-refractivity contribution >= 4 is 52.5 Å². The van der Waals surface area contributed by atoms with Crippen LogP contribution in [0.2, 0.25) is 10.0 Å². The highest BCUT2D eigenvalue weighted by molar-refractivity contribution is 6.36. The van der Waals surface area contributed by atoms with Gasteiger partial charge in [0.2, 0.25) is 5.91 Å². The van der Waals surface area contributed by atoms with Gasteiger partial charge in [0.05, 0.1) is 10.7 Å². The van der Waals surface area contributed by atoms with Gasteiger partial charge in [0, 0.05) is 17.2 Å². The molecular formula is C19H13Cl2FN4O. The standard InChI is InChI=1S/C19H13Cl2FN4O/c20-13-4-7-16(15(21)9-13)25-17-10-18(24-11-23-17)26-19(27)8-3-12-1-5-14(22)6-2-12/h1-11H,(H2,23,24,25,26,27)/b8-3+. The molecule has 2 N–H and O–H groups in total. The highest BCUT2D eigenvalue weighted by Gasteiger charge is 2.05. The van der Waals surface area contributed by atoms with E-state index in [1.807, 2.05) is 0 Å². The minimum Gasteiger partial charge on any atom is -0.339 e. The van der Waals surface area contributed by atoms with E-state index >= 15 is 0 Å². The predicted octanol–water partition coefficient (Wildman–Crippen LogP) is 5.32. The van der Waals surface area contributed by atoms with Gasteiger partial charge in [0.15, 0.2) is 0 Å². The van der Waals surface area contributed by atoms with Crippen molar-refractivity contribution in [3.05, 3.63) is 82.4 Å². The zero-order valence-corrected chi connectivity index (χ0v) is 15.3. The number of aromatic nitrogens is 2. The Balaban J connectivity index is 1.66. The molecule has 1 aromatic heterocycles. The van der Waals surface area contributed by atoms with E-state index in [0.717, 1.165) is 0 Å². The van der Waals surface area contributed by atoms with Crippen LogP contribution in [0.15, 0.2) is 60.9 Å². The highest BCUT2D eigenvalue weighted by atomic mass is 35.5. The first kappa shape index (κ1) is 18.8. The zero-order chi connectivity index (χ0) is 19.2. The van der Waals surface area contributed by atoms with Crippen LogP contribution in [0.5, 0.6) is 0 Å². The van der Waals surface area contributed by atoms with Crippen molar-refractivity contribution in [1.82, 2.24) is 9.97 Å². The summed E-state index contributed by atoms with van der Waals surface area (Å²) >= 11 is 12.0. The van der Waals surface area contributed by atoms with Crippen LogP contribution in [-0.2, 0) is 4.79 Å². The van der Waals surface area contributed by atoms with Crippen molar-refractivity contribution in [1.29, 1.82) is 0 Å². The molecule has 0 aliphatic rings. The molecule has 1 heterocycles. The molecule has 3 rings (SSSR count). The Morgan fingerprint density at radius 2 is 1.74 bits per heavy atom. The average Bonchev–Trinajstić information content (AvgIpc) is 2.64. The molecule has 0 bridgehead atoms. The Bertz CT molecular complexity index is 993. The summed E-state index contributed by atoms with van der Waals surface area (Å²) in [7, 11) is 0. The molecule has 0 saturated heterocycles. The number of hydrogen-bond acceptors (Lipinski definition) is 4. The van der Waals surface area contributed by atoms with Gasteiger partial charge in [-0.15, -0.1) is 0 Å². The van der Waals surface area contributed by atoms with Gasteiger partial charge in [-0.25, -0.2) is 14.4 Å². The van der Waals surface area contributed by atoms with Gasteiger partial charge in [-0.05, 0) is 42.0 Å². The third-order valence-corrected chi connectivity index (χ3v) is 3.96. The molecular weight excluding hydrogens is 390 g/mol. The molecule has 0 spiro atoms. The Kier molecular flexibility index (Phi) is 6.01. The van der Waals surface area contributed by atoms with E-state index in [-0.39, 0.29) is 11.7 Å². The van der Waals surface area contributed by atoms with Crippen molar-refractivity contribution in [3.8, 4) is 0 Å². The minimum absolute atomic E-state index is 0.311. The summed E-state index contributed by atoms with van der Waals surface area (Å²) in [6.07, 6.45) is 4.21. The molecule has 8 heteroatoms. The first-order chi connectivity index (χ1) is 13.0. The van der Waals surface area contributed by atoms with E-state index in [1.54, 1.807) is 42.5 Å². The summed E-state index contributed by atoms with van der Waals surface area (Å²) in [5.74, 6) is 0.0466. The second-order valence-corrected chi connectivity index (χ2v) is 6.26. The quantitative estimate of drug-likeness (QED) is 0.566. The Morgan fingerprint density at radius 3 is 2.48 bits per heavy atom. The van der Waals surface area contributed by atoms with E-state index in [4.69, 9.17) is 23.2 Å². The molecule has 3 aromatic rings. The lowest BCUT2D eigenvalue weighted by atomic mass is 10.2. The number of carbonyl (C=O) groups is 1. The minimum atomic E-state index is -0.381. The fourth-order valence-corrected chi connectivity index (χ4v) is 2.59. The van der Waals surface area contributed by atoms with Crippen molar-refractivity contribution in [2.75, 3.05) is 10.6 Å². The van der Waals surface area contributed by atoms with E-state index in [0.29, 0.717) is 32.9 Å². The molecule has 2 aromatic carbocycles. The topological polar surface area (TPSA) is 66.9 Å². The van der Waals surface area contributed by atoms with Gasteiger partial charge in [-0.2, -0.15) is 0 Å². The Morgan fingerprint density at radius 1 is 1.00 bits per heavy atom. The molecule has 0 unspecified atom stereocenters. The highest BCUT2D eigenvalue weighted by Crippen LogP contribution is 2.27. The lowest BCUT2D eigenvalue weighted by Gasteiger charge is -2.09. The first-order valence-corrected chi connectivity index (χ1v) is 8.54. The average molecular weight is 403 g/mol. The van der Waals surface area contributed by atoms with E-state index < -0.39 is 0 Å². The van der Waals surface area contributed by atoms with Gasteiger partial charge < -0.3 is 10.6 Å². The number of anilines is 3. The van der Waals surface area contributed by atoms with Gasteiger partial charge in [0.1, 0.15) is 23.8 Å². The summed E-state index contributed by atoms with van der Waals surface area (Å²) in [5.41, 5.74) is 1.32. The third kappa shape index (κ3) is 5.51. The monoisotopic (exact) mass is 402 g/mol. The van der Waals surface area contributed by atoms with Crippen LogP contribution < -0.4 is 10.6 Å². The molecule has 0 aliphatic heterocycles. The summed E-state index contributed by atoms with van der Waals surface area (Å²) in [5, 5.41) is 6.62. The molecule has 0 radical (unpaired) electrons. The van der Waals surface area contributed by atoms with Crippen LogP contribution in [0.3, 0.4) is 0 Å². The number of hydrogen-bond donors (Lipinski definition) is 2. The van der Waals surface area contributed by atoms with Crippen LogP contribution >= 0.6 is 23.2 Å². The molecule has 1 amide bonds. The first-order valence-electron chi connectivity index (χ1n) is 7.78. The predicted molar refractivity (Wildman–Crippen MR) is 106 cm³/mol. The number of carbonyl (C=O) groups excluding carboxylic acids is 1. The molecule has 5 nitrogen and oxygen atoms in total. The van der Waals surface area contributed by atoms with Gasteiger partial charge >= 0.3 is 0 Å². The van der Waals surface area contributed by atoms with Crippen molar-refractivity contribution in [3.63, 3.8) is 0 Å². The van der Waals surface area contributed by atoms with E-state index in [1.165, 1.54) is 24.5 Å². The second-order valence-electron chi connectivity index (χ2n) is 5.41. The molecule has 136 valence electrons. The van der Waals surface area contributed by atoms with Crippen LogP contribution in [0, 0.1) is 5.82 Å². The van der Waals surface area contributed by atoms with Crippen molar-refractivity contribution < 1.29 is 9.18 Å². The normalized spacial score (nSPS) is 10.8. The SMILES string of the molecule is O=C(/C=C/c1ccc(F)cc1)Nc1cc(Nc2ccc(Cl)cc2Cl)ncn1. The van der Waals surface area contributed by atoms with Gasteiger partial charge in [0.25, 0.3) is 0 Å². The zero-order valence-electron chi connectivity index (χ0n) is 13.8. The fourth-order valence-electron chi connectivity index (χ4n) is 2.14. The molecule has 0 atom stereocenters. The number of nitrogens with zero attached hydrogens (tertiary/aromatic N) is 2. The van der Waals surface area contributed by atoms with Gasteiger partial charge in [-0.1, -0.05) is 35.3 Å². The second kappa shape index (κ2) is 8.62. The van der Waals surface area contributed by atoms with E-state index in [2.05, 4.69) is 20.6 Å². The lowest BCUT2D eigenvalue weighted by molar-refractivity contribution is -0.111. The number of rotatable bonds is 5. The molecule has 0 saturated carbocycles. The lowest BCUT2D eigenvalue weighted by Crippen LogP contribution is -2.09. The Hall–Kier alpha value is -2.96. The van der Waals surface area contributed by atoms with Crippen molar-refractivity contribution in [2.24, 2.45) is 0 Å². The number of amides is 1. The molecule has 27 heavy (non-hydrogen) atoms. The van der Waals surface area contributed by atoms with Crippen molar-refractivity contribution in [2.45, 2.75) is 0 Å². The summed E-state index contributed by atoms with van der Waals surface area (Å²) in [6, 6.07) is 12.4. The maximum Gasteiger partial charge on any atom is 0.249 e. The Labute approximate surface area is 164 Å². The van der Waals surface area contributed by atoms with Crippen LogP contribution in [0.25, 0.3) is 6.08 Å². The summed E-state index contributed by atoms with van der Waals surface area (Å²) < 4.78 is 12.9. The maximum absolute atomic E-state index is 12.9. The van der Waals surface area contributed by atoms with Gasteiger partial charge in [-0.3, -0.25) is 4.79 Å². The van der Waals surface area contributed by atoms with Crippen LogP contribution in [0.4, 0.5) is 21.7 Å². The van der Waals surface area contributed by atoms with Crippen LogP contribution in [-0.4, -0.2) is 15.9 Å². The summed E-state index contributed by atoms with van der Waals surface area (Å²) in [4.78, 5) is 20.1. The maximum atomic E-state index is 12.9. The number of halogens is 3. The molecule has 0 aliphatic carbocycles. The smallest absolute Gasteiger partial charge is 0.249 e. The largest absolute Gasteiger partial charge is 0.339 e. The third-order valence-electron chi connectivity index (χ3n) is 3.41. The van der Waals surface area contributed by atoms with E-state index in [9.17, 15) is 9.18 Å². The number of benzene rings is 2.